The molecule has 0 amide bonds. The fourth-order valence-corrected chi connectivity index (χ4v) is 1.58. The van der Waals surface area contributed by atoms with Gasteiger partial charge in [0.25, 0.3) is 0 Å². The summed E-state index contributed by atoms with van der Waals surface area (Å²) in [6.45, 7) is 0.455. The first-order valence-corrected chi connectivity index (χ1v) is 5.42. The molecule has 3 N–H and O–H groups in total. The standard InChI is InChI=1S/C12H11ClFN3/c13-9-5-11(14)12(17-7-9)16-6-8-2-1-3-10(15)4-8/h1-5,7H,6,15H2,(H,16,17). The SMILES string of the molecule is Nc1cccc(CNc2ncc(Cl)cc2F)c1. The third-order valence-corrected chi connectivity index (χ3v) is 2.43. The van der Waals surface area contributed by atoms with Gasteiger partial charge in [-0.15, -0.1) is 0 Å². The highest BCUT2D eigenvalue weighted by atomic mass is 35.5. The van der Waals surface area contributed by atoms with Crippen LogP contribution in [-0.2, 0) is 6.54 Å². The highest BCUT2D eigenvalue weighted by molar-refractivity contribution is 6.30. The van der Waals surface area contributed by atoms with E-state index in [0.29, 0.717) is 12.2 Å². The summed E-state index contributed by atoms with van der Waals surface area (Å²) in [4.78, 5) is 3.87. The maximum atomic E-state index is 13.4. The number of aromatic nitrogens is 1. The molecule has 88 valence electrons. The predicted octanol–water partition coefficient (Wildman–Crippen LogP) is 3.07. The largest absolute Gasteiger partial charge is 0.399 e. The molecule has 0 saturated carbocycles. The van der Waals surface area contributed by atoms with Crippen molar-refractivity contribution in [3.05, 3.63) is 52.9 Å². The van der Waals surface area contributed by atoms with Crippen molar-refractivity contribution in [1.82, 2.24) is 4.98 Å². The Bertz CT molecular complexity index is 531. The number of nitrogen functional groups attached to an aromatic ring is 1. The Morgan fingerprint density at radius 1 is 1.35 bits per heavy atom. The van der Waals surface area contributed by atoms with Crippen LogP contribution in [-0.4, -0.2) is 4.98 Å². The minimum absolute atomic E-state index is 0.178. The first kappa shape index (κ1) is 11.7. The van der Waals surface area contributed by atoms with Gasteiger partial charge in [-0.1, -0.05) is 23.7 Å². The van der Waals surface area contributed by atoms with Gasteiger partial charge >= 0.3 is 0 Å². The molecule has 2 rings (SSSR count). The maximum Gasteiger partial charge on any atom is 0.166 e. The van der Waals surface area contributed by atoms with Crippen LogP contribution < -0.4 is 11.1 Å². The van der Waals surface area contributed by atoms with Crippen molar-refractivity contribution >= 4 is 23.1 Å². The van der Waals surface area contributed by atoms with Crippen molar-refractivity contribution in [3.63, 3.8) is 0 Å². The summed E-state index contributed by atoms with van der Waals surface area (Å²) in [5.41, 5.74) is 7.28. The summed E-state index contributed by atoms with van der Waals surface area (Å²) in [6.07, 6.45) is 1.40. The molecule has 2 aromatic rings. The molecule has 0 aliphatic rings. The van der Waals surface area contributed by atoms with Gasteiger partial charge in [-0.2, -0.15) is 0 Å². The molecule has 0 aliphatic carbocycles. The minimum atomic E-state index is -0.471. The Labute approximate surface area is 103 Å². The second-order valence-corrected chi connectivity index (χ2v) is 4.02. The van der Waals surface area contributed by atoms with Gasteiger partial charge in [0.15, 0.2) is 11.6 Å². The van der Waals surface area contributed by atoms with E-state index >= 15 is 0 Å². The van der Waals surface area contributed by atoms with Gasteiger partial charge in [-0.25, -0.2) is 9.37 Å². The zero-order valence-corrected chi connectivity index (χ0v) is 9.71. The molecule has 0 bridgehead atoms. The third kappa shape index (κ3) is 3.07. The third-order valence-electron chi connectivity index (χ3n) is 2.22. The molecule has 1 aromatic heterocycles. The van der Waals surface area contributed by atoms with Gasteiger partial charge in [-0.3, -0.25) is 0 Å². The van der Waals surface area contributed by atoms with Gasteiger partial charge in [0.2, 0.25) is 0 Å². The number of hydrogen-bond donors (Lipinski definition) is 2. The molecule has 0 radical (unpaired) electrons. The van der Waals surface area contributed by atoms with E-state index in [2.05, 4.69) is 10.3 Å². The Morgan fingerprint density at radius 3 is 2.88 bits per heavy atom. The summed E-state index contributed by atoms with van der Waals surface area (Å²) < 4.78 is 13.4. The quantitative estimate of drug-likeness (QED) is 0.825. The lowest BCUT2D eigenvalue weighted by Crippen LogP contribution is -2.03. The van der Waals surface area contributed by atoms with E-state index in [1.165, 1.54) is 12.3 Å². The molecule has 1 aromatic carbocycles. The van der Waals surface area contributed by atoms with Crippen LogP contribution in [0.2, 0.25) is 5.02 Å². The molecule has 0 atom stereocenters. The van der Waals surface area contributed by atoms with Gasteiger partial charge in [0.1, 0.15) is 0 Å². The number of nitrogens with zero attached hydrogens (tertiary/aromatic N) is 1. The molecule has 3 nitrogen and oxygen atoms in total. The number of hydrogen-bond acceptors (Lipinski definition) is 3. The smallest absolute Gasteiger partial charge is 0.166 e. The van der Waals surface area contributed by atoms with E-state index in [1.54, 1.807) is 6.07 Å². The van der Waals surface area contributed by atoms with Gasteiger partial charge < -0.3 is 11.1 Å². The normalized spacial score (nSPS) is 10.2. The van der Waals surface area contributed by atoms with Crippen LogP contribution in [0.5, 0.6) is 0 Å². The summed E-state index contributed by atoms with van der Waals surface area (Å²) in [5, 5.41) is 3.16. The summed E-state index contributed by atoms with van der Waals surface area (Å²) in [6, 6.07) is 8.58. The van der Waals surface area contributed by atoms with E-state index in [0.717, 1.165) is 5.56 Å². The van der Waals surface area contributed by atoms with Gasteiger partial charge in [0.05, 0.1) is 5.02 Å². The first-order valence-electron chi connectivity index (χ1n) is 5.04. The van der Waals surface area contributed by atoms with Crippen molar-refractivity contribution in [2.75, 3.05) is 11.1 Å². The van der Waals surface area contributed by atoms with E-state index in [4.69, 9.17) is 17.3 Å². The van der Waals surface area contributed by atoms with Crippen LogP contribution in [0.15, 0.2) is 36.5 Å². The molecule has 5 heteroatoms. The molecule has 0 unspecified atom stereocenters. The number of halogens is 2. The van der Waals surface area contributed by atoms with Gasteiger partial charge in [0, 0.05) is 18.4 Å². The molecule has 0 saturated heterocycles. The summed E-state index contributed by atoms with van der Waals surface area (Å²) in [7, 11) is 0. The number of nitrogens with two attached hydrogens (primary N) is 1. The lowest BCUT2D eigenvalue weighted by Gasteiger charge is -2.07. The zero-order valence-electron chi connectivity index (χ0n) is 8.95. The Hall–Kier alpha value is -1.81. The fourth-order valence-electron chi connectivity index (χ4n) is 1.43. The van der Waals surface area contributed by atoms with Crippen molar-refractivity contribution in [3.8, 4) is 0 Å². The lowest BCUT2D eigenvalue weighted by molar-refractivity contribution is 0.624. The molecule has 1 heterocycles. The highest BCUT2D eigenvalue weighted by Crippen LogP contribution is 2.16. The summed E-state index contributed by atoms with van der Waals surface area (Å²) >= 11 is 5.61. The van der Waals surface area contributed by atoms with Crippen molar-refractivity contribution in [2.24, 2.45) is 0 Å². The monoisotopic (exact) mass is 251 g/mol. The van der Waals surface area contributed by atoms with Crippen LogP contribution in [0.25, 0.3) is 0 Å². The molecular weight excluding hydrogens is 241 g/mol. The Morgan fingerprint density at radius 2 is 2.18 bits per heavy atom. The van der Waals surface area contributed by atoms with Crippen LogP contribution in [0.4, 0.5) is 15.9 Å². The van der Waals surface area contributed by atoms with E-state index in [-0.39, 0.29) is 10.8 Å². The second kappa shape index (κ2) is 5.01. The number of rotatable bonds is 3. The number of pyridine rings is 1. The molecule has 0 fully saturated rings. The minimum Gasteiger partial charge on any atom is -0.399 e. The van der Waals surface area contributed by atoms with Gasteiger partial charge in [-0.05, 0) is 23.8 Å². The molecule has 17 heavy (non-hydrogen) atoms. The zero-order chi connectivity index (χ0) is 12.3. The van der Waals surface area contributed by atoms with Crippen LogP contribution in [0.1, 0.15) is 5.56 Å². The average Bonchev–Trinajstić information content (AvgIpc) is 2.28. The molecule has 0 spiro atoms. The second-order valence-electron chi connectivity index (χ2n) is 3.58. The van der Waals surface area contributed by atoms with Crippen molar-refractivity contribution < 1.29 is 4.39 Å². The van der Waals surface area contributed by atoms with Crippen LogP contribution >= 0.6 is 11.6 Å². The van der Waals surface area contributed by atoms with E-state index in [1.807, 2.05) is 18.2 Å². The predicted molar refractivity (Wildman–Crippen MR) is 67.4 cm³/mol. The fraction of sp³-hybridized carbons (Fsp3) is 0.0833. The van der Waals surface area contributed by atoms with Crippen molar-refractivity contribution in [2.45, 2.75) is 6.54 Å². The number of anilines is 2. The summed E-state index contributed by atoms with van der Waals surface area (Å²) in [5.74, 6) is -0.293. The molecular formula is C12H11ClFN3. The Kier molecular flexibility index (Phi) is 3.44. The maximum absolute atomic E-state index is 13.4. The van der Waals surface area contributed by atoms with Crippen molar-refractivity contribution in [1.29, 1.82) is 0 Å². The van der Waals surface area contributed by atoms with Crippen LogP contribution in [0.3, 0.4) is 0 Å². The average molecular weight is 252 g/mol. The van der Waals surface area contributed by atoms with E-state index in [9.17, 15) is 4.39 Å². The molecule has 0 aliphatic heterocycles. The Balaban J connectivity index is 2.07. The number of benzene rings is 1. The first-order chi connectivity index (χ1) is 8.15. The highest BCUT2D eigenvalue weighted by Gasteiger charge is 2.04. The van der Waals surface area contributed by atoms with Crippen LogP contribution in [0, 0.1) is 5.82 Å². The number of nitrogens with one attached hydrogen (secondary N) is 1. The van der Waals surface area contributed by atoms with E-state index < -0.39 is 5.82 Å². The topological polar surface area (TPSA) is 50.9 Å². The lowest BCUT2D eigenvalue weighted by atomic mass is 10.2.